The quantitative estimate of drug-likeness (QED) is 0.103. The van der Waals surface area contributed by atoms with E-state index in [1.54, 1.807) is 12.1 Å². The number of hydrogen-bond acceptors (Lipinski definition) is 10. The smallest absolute Gasteiger partial charge is 0.747 e. The second-order valence-corrected chi connectivity index (χ2v) is 11.9. The third-order valence-electron chi connectivity index (χ3n) is 5.40. The average molecular weight is 603 g/mol. The predicted octanol–water partition coefficient (Wildman–Crippen LogP) is 0.831. The van der Waals surface area contributed by atoms with Crippen LogP contribution >= 0.6 is 0 Å². The molecule has 0 fully saturated rings. The Morgan fingerprint density at radius 3 is 1.74 bits per heavy atom. The fourth-order valence-corrected chi connectivity index (χ4v) is 4.37. The zero-order valence-corrected chi connectivity index (χ0v) is 27.1. The van der Waals surface area contributed by atoms with Crippen LogP contribution in [0.25, 0.3) is 0 Å². The predicted molar refractivity (Wildman–Crippen MR) is 142 cm³/mol. The van der Waals surface area contributed by atoms with Gasteiger partial charge in [0.2, 0.25) is 0 Å². The van der Waals surface area contributed by atoms with E-state index in [2.05, 4.69) is 18.8 Å². The van der Waals surface area contributed by atoms with Crippen LogP contribution in [-0.2, 0) is 39.2 Å². The molecule has 1 heterocycles. The Morgan fingerprint density at radius 1 is 0.846 bits per heavy atom. The summed E-state index contributed by atoms with van der Waals surface area (Å²) in [5.74, 6) is -2.03. The number of aromatic nitrogens is 1. The molecule has 1 aromatic heterocycles. The molecule has 11 nitrogen and oxygen atoms in total. The zero-order valence-electron chi connectivity index (χ0n) is 23.5. The van der Waals surface area contributed by atoms with Crippen LogP contribution in [0.4, 0.5) is 0 Å². The number of nitrogens with zero attached hydrogens (tertiary/aromatic N) is 1. The minimum Gasteiger partial charge on any atom is -0.747 e. The van der Waals surface area contributed by atoms with Crippen molar-refractivity contribution in [3.63, 3.8) is 0 Å². The number of hydrogen-bond donors (Lipinski definition) is 1. The second kappa shape index (κ2) is 23.6. The van der Waals surface area contributed by atoms with E-state index in [0.717, 1.165) is 57.8 Å². The fraction of sp³-hybridized carbons (Fsp3) is 0.720. The maximum atomic E-state index is 11.9. The zero-order chi connectivity index (χ0) is 28.9. The van der Waals surface area contributed by atoms with Gasteiger partial charge in [-0.1, -0.05) is 84.1 Å². The summed E-state index contributed by atoms with van der Waals surface area (Å²) in [5.41, 5.74) is 0. The van der Waals surface area contributed by atoms with Crippen LogP contribution in [0.2, 0.25) is 0 Å². The molecular formula is C25H43N2NaO9S2. The van der Waals surface area contributed by atoms with Gasteiger partial charge in [-0.05, 0) is 25.0 Å². The normalized spacial score (nSPS) is 11.9. The number of esters is 2. The molecule has 1 atom stereocenters. The van der Waals surface area contributed by atoms with E-state index >= 15 is 0 Å². The first kappa shape index (κ1) is 40.1. The monoisotopic (exact) mass is 602 g/mol. The molecule has 0 aliphatic rings. The van der Waals surface area contributed by atoms with Crippen LogP contribution in [0.1, 0.15) is 97.3 Å². The average Bonchev–Trinajstić information content (AvgIpc) is 2.86. The van der Waals surface area contributed by atoms with Crippen molar-refractivity contribution in [3.05, 3.63) is 24.4 Å². The van der Waals surface area contributed by atoms with Gasteiger partial charge in [-0.3, -0.25) is 9.59 Å². The third-order valence-corrected chi connectivity index (χ3v) is 7.28. The van der Waals surface area contributed by atoms with Crippen molar-refractivity contribution >= 4 is 32.1 Å². The van der Waals surface area contributed by atoms with Crippen molar-refractivity contribution < 1.29 is 70.0 Å². The molecule has 0 radical (unpaired) electrons. The van der Waals surface area contributed by atoms with Gasteiger partial charge in [0.1, 0.15) is 10.1 Å². The largest absolute Gasteiger partial charge is 1.00 e. The number of rotatable bonds is 19. The Bertz CT molecular complexity index is 992. The van der Waals surface area contributed by atoms with Crippen molar-refractivity contribution in [3.8, 4) is 0 Å². The van der Waals surface area contributed by atoms with Gasteiger partial charge in [0, 0.05) is 6.20 Å². The number of sulfonamides is 1. The Morgan fingerprint density at radius 2 is 1.33 bits per heavy atom. The molecule has 0 aliphatic heterocycles. The fourth-order valence-electron chi connectivity index (χ4n) is 3.25. The number of carbonyl (C=O) groups is 2. The summed E-state index contributed by atoms with van der Waals surface area (Å²) in [6.07, 6.45) is 12.5. The van der Waals surface area contributed by atoms with Gasteiger partial charge in [0.25, 0.3) is 10.0 Å². The summed E-state index contributed by atoms with van der Waals surface area (Å²) in [6.45, 7) is 4.44. The van der Waals surface area contributed by atoms with E-state index in [1.807, 2.05) is 0 Å². The van der Waals surface area contributed by atoms with E-state index in [4.69, 9.17) is 14.6 Å². The molecule has 14 heteroatoms. The summed E-state index contributed by atoms with van der Waals surface area (Å²) < 4.78 is 64.9. The summed E-state index contributed by atoms with van der Waals surface area (Å²) in [6, 6.07) is 4.52. The molecule has 1 rings (SSSR count). The standard InChI is InChI=1S/C20H38O7S.C5H6N2O2S.Na/c1-3-5-7-9-11-13-15-26-19(21)17-18(28(23,24)25)20(22)27-16-14-12-10-8-6-4-2;6-10(8,9)5-3-1-2-4-7-5;/h18H,3-17H2,1-2H3,(H,23,24,25);1-4H,(H2,6,8,9);/q;;+1/p-1. The summed E-state index contributed by atoms with van der Waals surface area (Å²) >= 11 is 0. The number of primary sulfonamides is 1. The summed E-state index contributed by atoms with van der Waals surface area (Å²) in [5, 5.41) is 2.63. The Kier molecular flexibility index (Phi) is 24.2. The molecule has 2 N–H and O–H groups in total. The van der Waals surface area contributed by atoms with Crippen LogP contribution < -0.4 is 34.7 Å². The van der Waals surface area contributed by atoms with Gasteiger partial charge < -0.3 is 14.0 Å². The summed E-state index contributed by atoms with van der Waals surface area (Å²) in [7, 11) is -8.60. The first-order chi connectivity index (χ1) is 17.9. The van der Waals surface area contributed by atoms with Crippen LogP contribution in [0, 0.1) is 0 Å². The maximum absolute atomic E-state index is 11.9. The number of nitrogens with two attached hydrogens (primary N) is 1. The van der Waals surface area contributed by atoms with Gasteiger partial charge in [0.05, 0.1) is 19.6 Å². The third kappa shape index (κ3) is 22.3. The van der Waals surface area contributed by atoms with E-state index < -0.39 is 43.8 Å². The first-order valence-corrected chi connectivity index (χ1v) is 16.2. The molecule has 0 aromatic carbocycles. The van der Waals surface area contributed by atoms with Crippen molar-refractivity contribution in [1.82, 2.24) is 4.98 Å². The van der Waals surface area contributed by atoms with Crippen LogP contribution in [-0.4, -0.2) is 56.8 Å². The summed E-state index contributed by atoms with van der Waals surface area (Å²) in [4.78, 5) is 27.2. The molecule has 39 heavy (non-hydrogen) atoms. The number of ether oxygens (including phenoxy) is 2. The van der Waals surface area contributed by atoms with Gasteiger partial charge in [-0.15, -0.1) is 0 Å². The minimum atomic E-state index is -4.98. The molecule has 0 amide bonds. The number of unbranched alkanes of at least 4 members (excludes halogenated alkanes) is 10. The number of carbonyl (C=O) groups excluding carboxylic acids is 2. The minimum absolute atomic E-state index is 0. The van der Waals surface area contributed by atoms with Gasteiger partial charge >= 0.3 is 41.5 Å². The molecule has 1 unspecified atom stereocenters. The van der Waals surface area contributed by atoms with Crippen molar-refractivity contribution in [2.45, 2.75) is 108 Å². The second-order valence-electron chi connectivity index (χ2n) is 8.82. The molecule has 0 saturated heterocycles. The SMILES string of the molecule is CCCCCCCCOC(=O)CC(C(=O)OCCCCCCCC)S(=O)(=O)[O-].NS(=O)(=O)c1ccccn1.[Na+]. The van der Waals surface area contributed by atoms with Crippen LogP contribution in [0.3, 0.4) is 0 Å². The maximum Gasteiger partial charge on any atom is 1.00 e. The molecule has 0 saturated carbocycles. The molecule has 0 aliphatic carbocycles. The molecule has 0 bridgehead atoms. The first-order valence-electron chi connectivity index (χ1n) is 13.1. The Hall–Kier alpha value is -1.09. The van der Waals surface area contributed by atoms with E-state index in [-0.39, 0.29) is 47.8 Å². The molecule has 220 valence electrons. The van der Waals surface area contributed by atoms with Gasteiger partial charge in [-0.25, -0.2) is 27.0 Å². The number of pyridine rings is 1. The molecule has 1 aromatic rings. The van der Waals surface area contributed by atoms with E-state index in [1.165, 1.54) is 18.7 Å². The van der Waals surface area contributed by atoms with Gasteiger partial charge in [0.15, 0.2) is 10.3 Å². The molecular weight excluding hydrogens is 559 g/mol. The Balaban J connectivity index is 0. The Labute approximate surface area is 256 Å². The van der Waals surface area contributed by atoms with Crippen LogP contribution in [0.15, 0.2) is 29.4 Å². The van der Waals surface area contributed by atoms with Crippen molar-refractivity contribution in [1.29, 1.82) is 0 Å². The van der Waals surface area contributed by atoms with Gasteiger partial charge in [-0.2, -0.15) is 0 Å². The van der Waals surface area contributed by atoms with Crippen molar-refractivity contribution in [2.24, 2.45) is 5.14 Å². The molecule has 0 spiro atoms. The topological polar surface area (TPSA) is 183 Å². The van der Waals surface area contributed by atoms with E-state index in [9.17, 15) is 31.0 Å². The van der Waals surface area contributed by atoms with Crippen LogP contribution in [0.5, 0.6) is 0 Å². The van der Waals surface area contributed by atoms with Crippen molar-refractivity contribution in [2.75, 3.05) is 13.2 Å². The van der Waals surface area contributed by atoms with E-state index in [0.29, 0.717) is 12.8 Å².